The highest BCUT2D eigenvalue weighted by Gasteiger charge is 2.13. The third-order valence-electron chi connectivity index (χ3n) is 4.68. The van der Waals surface area contributed by atoms with Crippen LogP contribution in [-0.2, 0) is 19.4 Å². The van der Waals surface area contributed by atoms with E-state index in [0.717, 1.165) is 35.6 Å². The van der Waals surface area contributed by atoms with Crippen LogP contribution < -0.4 is 0 Å². The summed E-state index contributed by atoms with van der Waals surface area (Å²) in [5.74, 6) is 0.359. The molecule has 4 heterocycles. The Morgan fingerprint density at radius 3 is 2.85 bits per heavy atom. The van der Waals surface area contributed by atoms with Crippen LogP contribution in [0.2, 0.25) is 0 Å². The number of pyridine rings is 1. The molecule has 0 saturated heterocycles. The quantitative estimate of drug-likeness (QED) is 0.492. The van der Waals surface area contributed by atoms with Crippen LogP contribution >= 0.6 is 0 Å². The molecule has 0 amide bonds. The van der Waals surface area contributed by atoms with E-state index >= 15 is 0 Å². The monoisotopic (exact) mass is 364 g/mol. The van der Waals surface area contributed by atoms with Crippen molar-refractivity contribution in [2.45, 2.75) is 39.7 Å². The lowest BCUT2D eigenvalue weighted by Crippen LogP contribution is -2.12. The lowest BCUT2D eigenvalue weighted by molar-refractivity contribution is 0.576. The van der Waals surface area contributed by atoms with E-state index in [-0.39, 0.29) is 0 Å². The van der Waals surface area contributed by atoms with Crippen LogP contribution in [0.1, 0.15) is 41.9 Å². The summed E-state index contributed by atoms with van der Waals surface area (Å²) < 4.78 is 17.6. The highest BCUT2D eigenvalue weighted by Crippen LogP contribution is 2.17. The van der Waals surface area contributed by atoms with Crippen molar-refractivity contribution in [3.63, 3.8) is 0 Å². The second kappa shape index (κ2) is 7.26. The maximum atomic E-state index is 13.4. The zero-order chi connectivity index (χ0) is 18.8. The summed E-state index contributed by atoms with van der Waals surface area (Å²) in [7, 11) is 0. The normalized spacial score (nSPS) is 11.4. The molecule has 0 spiro atoms. The van der Waals surface area contributed by atoms with E-state index in [1.165, 1.54) is 11.8 Å². The number of hydrogen-bond acceptors (Lipinski definition) is 4. The maximum absolute atomic E-state index is 13.4. The lowest BCUT2D eigenvalue weighted by Gasteiger charge is -2.13. The molecular weight excluding hydrogens is 343 g/mol. The first-order valence-corrected chi connectivity index (χ1v) is 9.07. The number of aryl methyl sites for hydroxylation is 2. The number of imidazole rings is 2. The van der Waals surface area contributed by atoms with Gasteiger partial charge in [-0.3, -0.25) is 9.38 Å². The van der Waals surface area contributed by atoms with Crippen LogP contribution in [0.5, 0.6) is 0 Å². The summed E-state index contributed by atoms with van der Waals surface area (Å²) >= 11 is 0. The fourth-order valence-electron chi connectivity index (χ4n) is 3.33. The van der Waals surface area contributed by atoms with E-state index in [0.29, 0.717) is 18.7 Å². The molecule has 138 valence electrons. The van der Waals surface area contributed by atoms with Crippen LogP contribution in [0.25, 0.3) is 5.52 Å². The fraction of sp³-hybridized carbons (Fsp3) is 0.300. The van der Waals surface area contributed by atoms with Crippen molar-refractivity contribution < 1.29 is 4.39 Å². The smallest absolute Gasteiger partial charge is 0.213 e. The van der Waals surface area contributed by atoms with Gasteiger partial charge in [0.2, 0.25) is 5.95 Å². The number of nitrogens with zero attached hydrogens (tertiary/aromatic N) is 6. The summed E-state index contributed by atoms with van der Waals surface area (Å²) in [5.41, 5.74) is 4.83. The molecule has 0 saturated carbocycles. The molecule has 6 nitrogen and oxygen atoms in total. The standard InChI is InChI=1S/C20H21FN6/c1-3-5-17-16(23-11-18-14(2)24-13-27(17)18)12-26-9-8-22-20(26)10-15-6-4-7-19(21)25-15/h4,6-9,11,13H,3,5,10,12H2,1-2H3. The van der Waals surface area contributed by atoms with Crippen molar-refractivity contribution in [1.82, 2.24) is 28.9 Å². The maximum Gasteiger partial charge on any atom is 0.213 e. The Kier molecular flexibility index (Phi) is 4.66. The molecule has 0 aromatic carbocycles. The molecule has 4 aromatic rings. The van der Waals surface area contributed by atoms with Crippen molar-refractivity contribution in [3.05, 3.63) is 77.7 Å². The molecule has 0 atom stereocenters. The second-order valence-corrected chi connectivity index (χ2v) is 6.59. The van der Waals surface area contributed by atoms with E-state index in [9.17, 15) is 4.39 Å². The van der Waals surface area contributed by atoms with E-state index in [2.05, 4.69) is 26.3 Å². The third kappa shape index (κ3) is 3.45. The molecule has 7 heteroatoms. The SMILES string of the molecule is CCCc1c(Cn2ccnc2Cc2cccc(F)n2)ncc2c(C)ncn12. The highest BCUT2D eigenvalue weighted by molar-refractivity contribution is 5.51. The molecule has 0 aliphatic carbocycles. The Labute approximate surface area is 156 Å². The largest absolute Gasteiger partial charge is 0.329 e. The zero-order valence-corrected chi connectivity index (χ0v) is 15.4. The van der Waals surface area contributed by atoms with Gasteiger partial charge in [0.1, 0.15) is 5.82 Å². The van der Waals surface area contributed by atoms with Gasteiger partial charge in [-0.05, 0) is 25.5 Å². The second-order valence-electron chi connectivity index (χ2n) is 6.59. The molecule has 0 bridgehead atoms. The average Bonchev–Trinajstić information content (AvgIpc) is 3.24. The van der Waals surface area contributed by atoms with Crippen LogP contribution in [0.3, 0.4) is 0 Å². The average molecular weight is 364 g/mol. The number of aromatic nitrogens is 6. The van der Waals surface area contributed by atoms with Crippen LogP contribution in [0.4, 0.5) is 4.39 Å². The van der Waals surface area contributed by atoms with Gasteiger partial charge < -0.3 is 4.57 Å². The van der Waals surface area contributed by atoms with Gasteiger partial charge >= 0.3 is 0 Å². The molecule has 27 heavy (non-hydrogen) atoms. The highest BCUT2D eigenvalue weighted by atomic mass is 19.1. The molecule has 0 fully saturated rings. The van der Waals surface area contributed by atoms with E-state index in [1.807, 2.05) is 36.3 Å². The van der Waals surface area contributed by atoms with E-state index in [4.69, 9.17) is 4.98 Å². The summed E-state index contributed by atoms with van der Waals surface area (Å²) in [6, 6.07) is 4.82. The molecule has 0 aliphatic heterocycles. The Bertz CT molecular complexity index is 1080. The fourth-order valence-corrected chi connectivity index (χ4v) is 3.33. The van der Waals surface area contributed by atoms with Crippen molar-refractivity contribution in [2.24, 2.45) is 0 Å². The third-order valence-corrected chi connectivity index (χ3v) is 4.68. The molecule has 4 rings (SSSR count). The van der Waals surface area contributed by atoms with Gasteiger partial charge in [0.05, 0.1) is 41.7 Å². The first kappa shape index (κ1) is 17.3. The van der Waals surface area contributed by atoms with Gasteiger partial charge in [-0.25, -0.2) is 15.0 Å². The summed E-state index contributed by atoms with van der Waals surface area (Å²) in [4.78, 5) is 17.5. The Morgan fingerprint density at radius 2 is 2.04 bits per heavy atom. The van der Waals surface area contributed by atoms with Gasteiger partial charge in [-0.2, -0.15) is 4.39 Å². The van der Waals surface area contributed by atoms with Gasteiger partial charge in [0.25, 0.3) is 0 Å². The summed E-state index contributed by atoms with van der Waals surface area (Å²) in [6.45, 7) is 4.75. The Balaban J connectivity index is 1.67. The van der Waals surface area contributed by atoms with Crippen LogP contribution in [0, 0.1) is 12.9 Å². The number of fused-ring (bicyclic) bond motifs is 1. The van der Waals surface area contributed by atoms with Gasteiger partial charge in [-0.1, -0.05) is 19.4 Å². The Hall–Kier alpha value is -3.09. The minimum atomic E-state index is -0.474. The van der Waals surface area contributed by atoms with Gasteiger partial charge in [-0.15, -0.1) is 0 Å². The van der Waals surface area contributed by atoms with Crippen molar-refractivity contribution in [2.75, 3.05) is 0 Å². The topological polar surface area (TPSA) is 60.9 Å². The number of hydrogen-bond donors (Lipinski definition) is 0. The van der Waals surface area contributed by atoms with Crippen molar-refractivity contribution in [3.8, 4) is 0 Å². The molecule has 0 aliphatic rings. The van der Waals surface area contributed by atoms with Gasteiger partial charge in [0, 0.05) is 24.5 Å². The molecule has 0 N–H and O–H groups in total. The zero-order valence-electron chi connectivity index (χ0n) is 15.4. The van der Waals surface area contributed by atoms with E-state index < -0.39 is 5.95 Å². The Morgan fingerprint density at radius 1 is 1.15 bits per heavy atom. The lowest BCUT2D eigenvalue weighted by atomic mass is 10.2. The minimum absolute atomic E-state index is 0.473. The summed E-state index contributed by atoms with van der Waals surface area (Å²) in [5, 5.41) is 0. The number of rotatable bonds is 6. The van der Waals surface area contributed by atoms with E-state index in [1.54, 1.807) is 12.3 Å². The van der Waals surface area contributed by atoms with Crippen molar-refractivity contribution >= 4 is 5.52 Å². The van der Waals surface area contributed by atoms with Crippen molar-refractivity contribution in [1.29, 1.82) is 0 Å². The molecule has 0 unspecified atom stereocenters. The minimum Gasteiger partial charge on any atom is -0.329 e. The molecule has 4 aromatic heterocycles. The summed E-state index contributed by atoms with van der Waals surface area (Å²) in [6.07, 6.45) is 9.84. The molecule has 0 radical (unpaired) electrons. The van der Waals surface area contributed by atoms with Gasteiger partial charge in [0.15, 0.2) is 0 Å². The molecular formula is C20H21FN6. The van der Waals surface area contributed by atoms with Crippen LogP contribution in [-0.4, -0.2) is 28.9 Å². The first-order chi connectivity index (χ1) is 13.2. The predicted molar refractivity (Wildman–Crippen MR) is 100 cm³/mol. The number of halogens is 1. The first-order valence-electron chi connectivity index (χ1n) is 9.07. The van der Waals surface area contributed by atoms with Crippen LogP contribution in [0.15, 0.2) is 43.1 Å². The predicted octanol–water partition coefficient (Wildman–Crippen LogP) is 3.36.